The van der Waals surface area contributed by atoms with Crippen LogP contribution in [0.1, 0.15) is 13.3 Å². The molecule has 0 bridgehead atoms. The Morgan fingerprint density at radius 1 is 1.11 bits per heavy atom. The van der Waals surface area contributed by atoms with Crippen LogP contribution in [0.5, 0.6) is 5.75 Å². The molecule has 0 atom stereocenters. The van der Waals surface area contributed by atoms with Crippen LogP contribution in [-0.4, -0.2) is 44.9 Å². The largest absolute Gasteiger partial charge is 0.494 e. The Morgan fingerprint density at radius 3 is 2.50 bits per heavy atom. The average Bonchev–Trinajstić information content (AvgIpc) is 2.37. The van der Waals surface area contributed by atoms with Gasteiger partial charge in [0.05, 0.1) is 13.2 Å². The maximum Gasteiger partial charge on any atom is 0.119 e. The first-order chi connectivity index (χ1) is 8.72. The fraction of sp³-hybridized carbons (Fsp3) is 0.571. The van der Waals surface area contributed by atoms with Crippen molar-refractivity contribution in [3.8, 4) is 5.75 Å². The van der Waals surface area contributed by atoms with E-state index in [0.29, 0.717) is 0 Å². The van der Waals surface area contributed by atoms with E-state index in [0.717, 1.165) is 50.8 Å². The fourth-order valence-corrected chi connectivity index (χ4v) is 1.57. The lowest BCUT2D eigenvalue weighted by atomic mass is 10.3. The Bertz CT molecular complexity index is 314. The van der Waals surface area contributed by atoms with Crippen molar-refractivity contribution in [1.82, 2.24) is 4.90 Å². The number of nitrogens with two attached hydrogens (primary N) is 1. The van der Waals surface area contributed by atoms with E-state index >= 15 is 0 Å². The second-order valence-electron chi connectivity index (χ2n) is 4.27. The van der Waals surface area contributed by atoms with Crippen LogP contribution in [0.4, 0.5) is 5.69 Å². The van der Waals surface area contributed by atoms with E-state index in [2.05, 4.69) is 11.9 Å². The van der Waals surface area contributed by atoms with Gasteiger partial charge in [-0.3, -0.25) is 0 Å². The minimum Gasteiger partial charge on any atom is -0.494 e. The van der Waals surface area contributed by atoms with Crippen LogP contribution in [0.15, 0.2) is 24.3 Å². The van der Waals surface area contributed by atoms with E-state index in [4.69, 9.17) is 15.2 Å². The van der Waals surface area contributed by atoms with Gasteiger partial charge in [-0.25, -0.2) is 0 Å². The molecule has 102 valence electrons. The number of hydrogen-bond acceptors (Lipinski definition) is 4. The highest BCUT2D eigenvalue weighted by Gasteiger charge is 1.98. The van der Waals surface area contributed by atoms with E-state index in [1.807, 2.05) is 31.2 Å². The second-order valence-corrected chi connectivity index (χ2v) is 4.27. The van der Waals surface area contributed by atoms with E-state index < -0.39 is 0 Å². The van der Waals surface area contributed by atoms with Crippen LogP contribution in [0.2, 0.25) is 0 Å². The number of rotatable bonds is 9. The SMILES string of the molecule is CCOCCN(C)CCCOc1ccc(N)cc1. The van der Waals surface area contributed by atoms with Gasteiger partial charge in [0.2, 0.25) is 0 Å². The number of benzene rings is 1. The smallest absolute Gasteiger partial charge is 0.119 e. The zero-order valence-corrected chi connectivity index (χ0v) is 11.4. The number of nitrogen functional groups attached to an aromatic ring is 1. The van der Waals surface area contributed by atoms with Gasteiger partial charge in [0.25, 0.3) is 0 Å². The third-order valence-electron chi connectivity index (χ3n) is 2.65. The molecule has 0 saturated heterocycles. The number of anilines is 1. The lowest BCUT2D eigenvalue weighted by Gasteiger charge is -2.16. The van der Waals surface area contributed by atoms with Crippen molar-refractivity contribution in [3.05, 3.63) is 24.3 Å². The van der Waals surface area contributed by atoms with Gasteiger partial charge in [0.15, 0.2) is 0 Å². The molecular weight excluding hydrogens is 228 g/mol. The first kappa shape index (κ1) is 14.8. The summed E-state index contributed by atoms with van der Waals surface area (Å²) in [6.45, 7) is 6.31. The van der Waals surface area contributed by atoms with E-state index in [1.54, 1.807) is 0 Å². The first-order valence-corrected chi connectivity index (χ1v) is 6.47. The number of likely N-dealkylation sites (N-methyl/N-ethyl adjacent to an activating group) is 1. The molecule has 0 heterocycles. The molecule has 1 rings (SSSR count). The summed E-state index contributed by atoms with van der Waals surface area (Å²) in [6, 6.07) is 7.50. The number of ether oxygens (including phenoxy) is 2. The summed E-state index contributed by atoms with van der Waals surface area (Å²) in [4.78, 5) is 2.25. The van der Waals surface area contributed by atoms with Crippen molar-refractivity contribution in [2.24, 2.45) is 0 Å². The zero-order valence-electron chi connectivity index (χ0n) is 11.4. The van der Waals surface area contributed by atoms with Gasteiger partial charge in [-0.1, -0.05) is 0 Å². The Labute approximate surface area is 110 Å². The second kappa shape index (κ2) is 8.78. The Kier molecular flexibility index (Phi) is 7.22. The topological polar surface area (TPSA) is 47.7 Å². The average molecular weight is 252 g/mol. The standard InChI is InChI=1S/C14H24N2O2/c1-3-17-12-10-16(2)9-4-11-18-14-7-5-13(15)6-8-14/h5-8H,3-4,9-12,15H2,1-2H3. The van der Waals surface area contributed by atoms with Crippen molar-refractivity contribution in [2.45, 2.75) is 13.3 Å². The molecule has 0 aromatic heterocycles. The van der Waals surface area contributed by atoms with Crippen molar-refractivity contribution >= 4 is 5.69 Å². The Morgan fingerprint density at radius 2 is 1.83 bits per heavy atom. The van der Waals surface area contributed by atoms with Crippen molar-refractivity contribution in [2.75, 3.05) is 45.7 Å². The number of nitrogens with zero attached hydrogens (tertiary/aromatic N) is 1. The lowest BCUT2D eigenvalue weighted by molar-refractivity contribution is 0.120. The van der Waals surface area contributed by atoms with Gasteiger partial charge in [-0.15, -0.1) is 0 Å². The lowest BCUT2D eigenvalue weighted by Crippen LogP contribution is -2.25. The summed E-state index contributed by atoms with van der Waals surface area (Å²) in [5.41, 5.74) is 6.37. The molecule has 0 spiro atoms. The molecule has 1 aromatic carbocycles. The van der Waals surface area contributed by atoms with Crippen molar-refractivity contribution in [1.29, 1.82) is 0 Å². The van der Waals surface area contributed by atoms with E-state index in [1.165, 1.54) is 0 Å². The molecule has 2 N–H and O–H groups in total. The minimum absolute atomic E-state index is 0.725. The molecule has 0 radical (unpaired) electrons. The van der Waals surface area contributed by atoms with Crippen LogP contribution < -0.4 is 10.5 Å². The van der Waals surface area contributed by atoms with E-state index in [9.17, 15) is 0 Å². The summed E-state index contributed by atoms with van der Waals surface area (Å²) in [5, 5.41) is 0. The van der Waals surface area contributed by atoms with Gasteiger partial charge < -0.3 is 20.1 Å². The molecular formula is C14H24N2O2. The van der Waals surface area contributed by atoms with Crippen molar-refractivity contribution in [3.63, 3.8) is 0 Å². The summed E-state index contributed by atoms with van der Waals surface area (Å²) in [7, 11) is 2.10. The third-order valence-corrected chi connectivity index (χ3v) is 2.65. The quantitative estimate of drug-likeness (QED) is 0.539. The Hall–Kier alpha value is -1.26. The normalized spacial score (nSPS) is 10.8. The first-order valence-electron chi connectivity index (χ1n) is 6.47. The highest BCUT2D eigenvalue weighted by molar-refractivity contribution is 5.41. The molecule has 0 aliphatic rings. The molecule has 0 fully saturated rings. The molecule has 4 heteroatoms. The van der Waals surface area contributed by atoms with E-state index in [-0.39, 0.29) is 0 Å². The maximum atomic E-state index is 5.62. The minimum atomic E-state index is 0.725. The summed E-state index contributed by atoms with van der Waals surface area (Å²) in [6.07, 6.45) is 1.01. The fourth-order valence-electron chi connectivity index (χ4n) is 1.57. The van der Waals surface area contributed by atoms with Gasteiger partial charge >= 0.3 is 0 Å². The molecule has 18 heavy (non-hydrogen) atoms. The molecule has 4 nitrogen and oxygen atoms in total. The Balaban J connectivity index is 2.05. The third kappa shape index (κ3) is 6.47. The maximum absolute atomic E-state index is 5.62. The van der Waals surface area contributed by atoms with Crippen LogP contribution in [0.3, 0.4) is 0 Å². The molecule has 0 unspecified atom stereocenters. The van der Waals surface area contributed by atoms with Crippen LogP contribution in [0, 0.1) is 0 Å². The summed E-state index contributed by atoms with van der Waals surface area (Å²) < 4.78 is 10.9. The highest BCUT2D eigenvalue weighted by atomic mass is 16.5. The zero-order chi connectivity index (χ0) is 13.2. The number of hydrogen-bond donors (Lipinski definition) is 1. The van der Waals surface area contributed by atoms with Crippen molar-refractivity contribution < 1.29 is 9.47 Å². The summed E-state index contributed by atoms with van der Waals surface area (Å²) >= 11 is 0. The molecule has 0 aliphatic carbocycles. The monoisotopic (exact) mass is 252 g/mol. The predicted molar refractivity (Wildman–Crippen MR) is 75.0 cm³/mol. The van der Waals surface area contributed by atoms with Crippen LogP contribution >= 0.6 is 0 Å². The van der Waals surface area contributed by atoms with Gasteiger partial charge in [-0.2, -0.15) is 0 Å². The van der Waals surface area contributed by atoms with Crippen LogP contribution in [-0.2, 0) is 4.74 Å². The van der Waals surface area contributed by atoms with Gasteiger partial charge in [-0.05, 0) is 44.7 Å². The molecule has 0 amide bonds. The van der Waals surface area contributed by atoms with Crippen LogP contribution in [0.25, 0.3) is 0 Å². The predicted octanol–water partition coefficient (Wildman–Crippen LogP) is 2.01. The molecule has 0 saturated carbocycles. The molecule has 1 aromatic rings. The van der Waals surface area contributed by atoms with Gasteiger partial charge in [0, 0.05) is 25.4 Å². The molecule has 0 aliphatic heterocycles. The van der Waals surface area contributed by atoms with Gasteiger partial charge in [0.1, 0.15) is 5.75 Å². The summed E-state index contributed by atoms with van der Waals surface area (Å²) in [5.74, 6) is 0.876. The highest BCUT2D eigenvalue weighted by Crippen LogP contribution is 2.13.